The zero-order valence-corrected chi connectivity index (χ0v) is 14.2. The maximum atomic E-state index is 12.4. The van der Waals surface area contributed by atoms with Crippen LogP contribution in [-0.4, -0.2) is 31.3 Å². The molecule has 0 radical (unpaired) electrons. The van der Waals surface area contributed by atoms with Crippen LogP contribution in [0.25, 0.3) is 16.9 Å². The highest BCUT2D eigenvalue weighted by Gasteiger charge is 2.18. The van der Waals surface area contributed by atoms with E-state index in [1.165, 1.54) is 31.9 Å². The number of pyridine rings is 1. The maximum Gasteiger partial charge on any atom is 0.262 e. The maximum absolute atomic E-state index is 12.4. The quantitative estimate of drug-likeness (QED) is 0.772. The molecule has 25 heavy (non-hydrogen) atoms. The zero-order valence-electron chi connectivity index (χ0n) is 14.2. The highest BCUT2D eigenvalue weighted by Crippen LogP contribution is 2.27. The molecule has 0 aromatic carbocycles. The third-order valence-corrected chi connectivity index (χ3v) is 4.66. The molecule has 7 heteroatoms. The van der Waals surface area contributed by atoms with Gasteiger partial charge in [0, 0.05) is 12.5 Å². The van der Waals surface area contributed by atoms with E-state index < -0.39 is 0 Å². The molecule has 7 nitrogen and oxygen atoms in total. The highest BCUT2D eigenvalue weighted by molar-refractivity contribution is 5.74. The van der Waals surface area contributed by atoms with Crippen molar-refractivity contribution >= 4 is 11.0 Å². The Balaban J connectivity index is 1.75. The summed E-state index contributed by atoms with van der Waals surface area (Å²) in [6, 6.07) is 5.48. The second-order valence-electron chi connectivity index (χ2n) is 6.43. The SMILES string of the molecule is CCOc1cccc(-n2ncc3c(=O)[nH]c(CC4CCCC4)nc32)n1. The topological polar surface area (TPSA) is 85.7 Å². The minimum absolute atomic E-state index is 0.148. The Morgan fingerprint density at radius 1 is 1.28 bits per heavy atom. The molecule has 1 fully saturated rings. The largest absolute Gasteiger partial charge is 0.478 e. The van der Waals surface area contributed by atoms with Gasteiger partial charge in [-0.3, -0.25) is 4.79 Å². The summed E-state index contributed by atoms with van der Waals surface area (Å²) in [6.45, 7) is 2.45. The van der Waals surface area contributed by atoms with Crippen LogP contribution in [0.3, 0.4) is 0 Å². The van der Waals surface area contributed by atoms with Gasteiger partial charge in [-0.1, -0.05) is 31.7 Å². The Morgan fingerprint density at radius 2 is 2.12 bits per heavy atom. The molecular formula is C18H21N5O2. The molecule has 1 aliphatic carbocycles. The van der Waals surface area contributed by atoms with Gasteiger partial charge in [0.1, 0.15) is 11.2 Å². The van der Waals surface area contributed by atoms with Crippen molar-refractivity contribution < 1.29 is 4.74 Å². The lowest BCUT2D eigenvalue weighted by molar-refractivity contribution is 0.326. The van der Waals surface area contributed by atoms with Gasteiger partial charge in [-0.05, 0) is 18.9 Å². The summed E-state index contributed by atoms with van der Waals surface area (Å²) in [5.41, 5.74) is 0.392. The average Bonchev–Trinajstić information content (AvgIpc) is 3.25. The van der Waals surface area contributed by atoms with Crippen LogP contribution in [0, 0.1) is 5.92 Å². The predicted molar refractivity (Wildman–Crippen MR) is 94.1 cm³/mol. The molecule has 0 unspecified atom stereocenters. The smallest absolute Gasteiger partial charge is 0.262 e. The molecular weight excluding hydrogens is 318 g/mol. The molecule has 3 aromatic rings. The minimum Gasteiger partial charge on any atom is -0.478 e. The van der Waals surface area contributed by atoms with E-state index in [2.05, 4.69) is 20.1 Å². The first-order chi connectivity index (χ1) is 12.2. The Labute approximate surface area is 145 Å². The highest BCUT2D eigenvalue weighted by atomic mass is 16.5. The summed E-state index contributed by atoms with van der Waals surface area (Å²) < 4.78 is 7.05. The molecule has 0 saturated heterocycles. The van der Waals surface area contributed by atoms with Crippen LogP contribution in [0.5, 0.6) is 5.88 Å². The molecule has 1 saturated carbocycles. The van der Waals surface area contributed by atoms with Crippen molar-refractivity contribution in [1.29, 1.82) is 0 Å². The Kier molecular flexibility index (Phi) is 4.21. The van der Waals surface area contributed by atoms with Crippen molar-refractivity contribution in [2.24, 2.45) is 5.92 Å². The van der Waals surface area contributed by atoms with E-state index >= 15 is 0 Å². The monoisotopic (exact) mass is 339 g/mol. The molecule has 3 heterocycles. The van der Waals surface area contributed by atoms with Crippen LogP contribution in [0.1, 0.15) is 38.4 Å². The summed E-state index contributed by atoms with van der Waals surface area (Å²) in [5, 5.41) is 4.79. The van der Waals surface area contributed by atoms with Gasteiger partial charge in [0.2, 0.25) is 5.88 Å². The van der Waals surface area contributed by atoms with Crippen molar-refractivity contribution in [1.82, 2.24) is 24.7 Å². The third-order valence-electron chi connectivity index (χ3n) is 4.66. The van der Waals surface area contributed by atoms with Crippen molar-refractivity contribution in [3.63, 3.8) is 0 Å². The minimum atomic E-state index is -0.148. The fourth-order valence-corrected chi connectivity index (χ4v) is 3.47. The molecule has 1 aliphatic rings. The first-order valence-electron chi connectivity index (χ1n) is 8.81. The van der Waals surface area contributed by atoms with Gasteiger partial charge in [0.05, 0.1) is 12.8 Å². The van der Waals surface area contributed by atoms with Crippen molar-refractivity contribution in [2.45, 2.75) is 39.0 Å². The predicted octanol–water partition coefficient (Wildman–Crippen LogP) is 2.64. The van der Waals surface area contributed by atoms with Crippen LogP contribution >= 0.6 is 0 Å². The van der Waals surface area contributed by atoms with E-state index in [0.29, 0.717) is 35.3 Å². The van der Waals surface area contributed by atoms with E-state index in [-0.39, 0.29) is 5.56 Å². The normalized spacial score (nSPS) is 15.1. The lowest BCUT2D eigenvalue weighted by atomic mass is 10.0. The van der Waals surface area contributed by atoms with Crippen molar-refractivity contribution in [3.05, 3.63) is 40.6 Å². The van der Waals surface area contributed by atoms with Crippen molar-refractivity contribution in [2.75, 3.05) is 6.61 Å². The van der Waals surface area contributed by atoms with E-state index in [1.54, 1.807) is 10.7 Å². The lowest BCUT2D eigenvalue weighted by Gasteiger charge is -2.09. The number of hydrogen-bond donors (Lipinski definition) is 1. The van der Waals surface area contributed by atoms with Crippen LogP contribution in [0.4, 0.5) is 0 Å². The summed E-state index contributed by atoms with van der Waals surface area (Å²) in [4.78, 5) is 24.4. The van der Waals surface area contributed by atoms with Crippen LogP contribution in [0.2, 0.25) is 0 Å². The van der Waals surface area contributed by atoms with Crippen LogP contribution in [-0.2, 0) is 6.42 Å². The number of aromatic amines is 1. The van der Waals surface area contributed by atoms with Crippen molar-refractivity contribution in [3.8, 4) is 11.7 Å². The van der Waals surface area contributed by atoms with Gasteiger partial charge in [0.25, 0.3) is 5.56 Å². The second-order valence-corrected chi connectivity index (χ2v) is 6.43. The second kappa shape index (κ2) is 6.66. The standard InChI is InChI=1S/C18H21N5O2/c1-2-25-16-9-5-8-15(22-16)23-17-13(11-19-23)18(24)21-14(20-17)10-12-6-3-4-7-12/h5,8-9,11-12H,2-4,6-7,10H2,1H3,(H,20,21,24). The van der Waals surface area contributed by atoms with Gasteiger partial charge in [-0.15, -0.1) is 0 Å². The Hall–Kier alpha value is -2.70. The third kappa shape index (κ3) is 3.14. The van der Waals surface area contributed by atoms with Gasteiger partial charge < -0.3 is 9.72 Å². The average molecular weight is 339 g/mol. The number of aromatic nitrogens is 5. The molecule has 130 valence electrons. The molecule has 0 bridgehead atoms. The number of ether oxygens (including phenoxy) is 1. The first kappa shape index (κ1) is 15.8. The van der Waals surface area contributed by atoms with Gasteiger partial charge >= 0.3 is 0 Å². The lowest BCUT2D eigenvalue weighted by Crippen LogP contribution is -2.15. The fraction of sp³-hybridized carbons (Fsp3) is 0.444. The number of nitrogens with one attached hydrogen (secondary N) is 1. The summed E-state index contributed by atoms with van der Waals surface area (Å²) in [6.07, 6.45) is 7.29. The number of H-pyrrole nitrogens is 1. The van der Waals surface area contributed by atoms with Gasteiger partial charge in [-0.2, -0.15) is 14.8 Å². The molecule has 0 amide bonds. The fourth-order valence-electron chi connectivity index (χ4n) is 3.47. The summed E-state index contributed by atoms with van der Waals surface area (Å²) >= 11 is 0. The van der Waals surface area contributed by atoms with Crippen LogP contribution in [0.15, 0.2) is 29.2 Å². The molecule has 4 rings (SSSR count). The molecule has 3 aromatic heterocycles. The molecule has 1 N–H and O–H groups in total. The van der Waals surface area contributed by atoms with E-state index in [4.69, 9.17) is 4.74 Å². The molecule has 0 spiro atoms. The van der Waals surface area contributed by atoms with Gasteiger partial charge in [-0.25, -0.2) is 4.98 Å². The summed E-state index contributed by atoms with van der Waals surface area (Å²) in [5.74, 6) is 2.45. The number of hydrogen-bond acceptors (Lipinski definition) is 5. The molecule has 0 atom stereocenters. The number of fused-ring (bicyclic) bond motifs is 1. The van der Waals surface area contributed by atoms with E-state index in [0.717, 1.165) is 12.2 Å². The van der Waals surface area contributed by atoms with E-state index in [1.807, 2.05) is 19.1 Å². The number of nitrogens with zero attached hydrogens (tertiary/aromatic N) is 4. The zero-order chi connectivity index (χ0) is 17.2. The summed E-state index contributed by atoms with van der Waals surface area (Å²) in [7, 11) is 0. The number of rotatable bonds is 5. The van der Waals surface area contributed by atoms with Crippen LogP contribution < -0.4 is 10.3 Å². The first-order valence-corrected chi connectivity index (χ1v) is 8.81. The van der Waals surface area contributed by atoms with Gasteiger partial charge in [0.15, 0.2) is 11.5 Å². The Morgan fingerprint density at radius 3 is 2.92 bits per heavy atom. The Bertz CT molecular complexity index is 940. The van der Waals surface area contributed by atoms with E-state index in [9.17, 15) is 4.79 Å². The molecule has 0 aliphatic heterocycles.